The van der Waals surface area contributed by atoms with Crippen molar-refractivity contribution in [1.82, 2.24) is 19.6 Å². The number of guanidine groups is 1. The number of benzene rings is 1. The number of imide groups is 1. The maximum absolute atomic E-state index is 13.3. The van der Waals surface area contributed by atoms with Crippen molar-refractivity contribution in [3.63, 3.8) is 0 Å². The molecule has 4 rings (SSSR count). The van der Waals surface area contributed by atoms with Crippen LogP contribution in [0.15, 0.2) is 53.3 Å². The van der Waals surface area contributed by atoms with Crippen LogP contribution in [0.3, 0.4) is 0 Å². The molecule has 8 nitrogen and oxygen atoms in total. The summed E-state index contributed by atoms with van der Waals surface area (Å²) in [6, 6.07) is 8.95. The Hall–Kier alpha value is -3.13. The molecule has 3 aliphatic rings. The predicted octanol–water partition coefficient (Wildman–Crippen LogP) is 2.17. The van der Waals surface area contributed by atoms with Crippen LogP contribution in [0.25, 0.3) is 6.08 Å². The van der Waals surface area contributed by atoms with Crippen molar-refractivity contribution >= 4 is 24.0 Å². The molecule has 1 aromatic rings. The molecule has 3 heterocycles. The first-order valence-electron chi connectivity index (χ1n) is 10.1. The quantitative estimate of drug-likeness (QED) is 0.646. The van der Waals surface area contributed by atoms with E-state index in [-0.39, 0.29) is 18.5 Å². The van der Waals surface area contributed by atoms with Crippen LogP contribution in [0.1, 0.15) is 18.9 Å². The van der Waals surface area contributed by atoms with Crippen molar-refractivity contribution in [2.75, 3.05) is 33.9 Å². The third kappa shape index (κ3) is 3.47. The molecule has 0 saturated carbocycles. The Balaban J connectivity index is 1.51. The minimum absolute atomic E-state index is 0.220. The molecule has 2 unspecified atom stereocenters. The zero-order chi connectivity index (χ0) is 21.3. The van der Waals surface area contributed by atoms with Gasteiger partial charge >= 0.3 is 6.03 Å². The Bertz CT molecular complexity index is 911. The second-order valence-corrected chi connectivity index (χ2v) is 7.62. The number of allylic oxidation sites excluding steroid dienone is 1. The van der Waals surface area contributed by atoms with E-state index in [0.29, 0.717) is 6.61 Å². The smallest absolute Gasteiger partial charge is 0.328 e. The van der Waals surface area contributed by atoms with E-state index in [0.717, 1.165) is 30.2 Å². The number of fused-ring (bicyclic) bond motifs is 3. The molecule has 0 radical (unpaired) electrons. The Morgan fingerprint density at radius 3 is 2.67 bits per heavy atom. The number of aliphatic imine (C=N–C) groups is 1. The fourth-order valence-corrected chi connectivity index (χ4v) is 4.07. The van der Waals surface area contributed by atoms with Crippen molar-refractivity contribution in [2.45, 2.75) is 25.6 Å². The van der Waals surface area contributed by atoms with Crippen LogP contribution in [0.5, 0.6) is 0 Å². The lowest BCUT2D eigenvalue weighted by atomic mass is 10.1. The van der Waals surface area contributed by atoms with Gasteiger partial charge in [0.25, 0.3) is 5.91 Å². The average Bonchev–Trinajstić information content (AvgIpc) is 3.25. The van der Waals surface area contributed by atoms with Crippen molar-refractivity contribution in [1.29, 1.82) is 0 Å². The summed E-state index contributed by atoms with van der Waals surface area (Å²) >= 11 is 0. The van der Waals surface area contributed by atoms with E-state index in [9.17, 15) is 9.59 Å². The summed E-state index contributed by atoms with van der Waals surface area (Å²) in [5, 5.41) is 0. The van der Waals surface area contributed by atoms with E-state index in [1.165, 1.54) is 4.90 Å². The molecule has 0 spiro atoms. The molecule has 1 fully saturated rings. The Morgan fingerprint density at radius 2 is 1.93 bits per heavy atom. The summed E-state index contributed by atoms with van der Waals surface area (Å²) in [5.41, 5.74) is 2.06. The normalized spacial score (nSPS) is 23.3. The van der Waals surface area contributed by atoms with Gasteiger partial charge in [-0.05, 0) is 18.9 Å². The van der Waals surface area contributed by atoms with E-state index in [2.05, 4.69) is 4.90 Å². The summed E-state index contributed by atoms with van der Waals surface area (Å²) < 4.78 is 5.15. The zero-order valence-corrected chi connectivity index (χ0v) is 17.6. The zero-order valence-electron chi connectivity index (χ0n) is 17.6. The minimum atomic E-state index is -0.532. The van der Waals surface area contributed by atoms with E-state index in [4.69, 9.17) is 9.73 Å². The lowest BCUT2D eigenvalue weighted by Crippen LogP contribution is -2.64. The van der Waals surface area contributed by atoms with Crippen molar-refractivity contribution in [2.24, 2.45) is 4.99 Å². The molecule has 0 aliphatic carbocycles. The number of hydrogen-bond donors (Lipinski definition) is 0. The number of urea groups is 1. The van der Waals surface area contributed by atoms with Crippen molar-refractivity contribution in [3.8, 4) is 0 Å². The fourth-order valence-electron chi connectivity index (χ4n) is 4.07. The second kappa shape index (κ2) is 8.31. The summed E-state index contributed by atoms with van der Waals surface area (Å²) in [5.74, 6) is 0.510. The van der Waals surface area contributed by atoms with Gasteiger partial charge in [0.15, 0.2) is 12.2 Å². The highest BCUT2D eigenvalue weighted by Crippen LogP contribution is 2.33. The number of carbonyl (C=O) groups is 2. The third-order valence-electron chi connectivity index (χ3n) is 5.63. The SMILES string of the molecule is COCCCN1C(C)=CN2C1=NC1C2C(=O)N(C/C=C/c2ccccc2)C(=O)N1C. The highest BCUT2D eigenvalue weighted by molar-refractivity contribution is 6.05. The van der Waals surface area contributed by atoms with E-state index in [1.807, 2.05) is 60.5 Å². The van der Waals surface area contributed by atoms with Crippen LogP contribution >= 0.6 is 0 Å². The van der Waals surface area contributed by atoms with Gasteiger partial charge in [0.1, 0.15) is 0 Å². The van der Waals surface area contributed by atoms with Crippen molar-refractivity contribution in [3.05, 3.63) is 53.9 Å². The number of carbonyl (C=O) groups excluding carboxylic acids is 2. The first-order valence-corrected chi connectivity index (χ1v) is 10.1. The lowest BCUT2D eigenvalue weighted by Gasteiger charge is -2.39. The van der Waals surface area contributed by atoms with Crippen LogP contribution < -0.4 is 0 Å². The van der Waals surface area contributed by atoms with E-state index >= 15 is 0 Å². The summed E-state index contributed by atoms with van der Waals surface area (Å²) in [6.07, 6.45) is 6.06. The molecule has 0 bridgehead atoms. The minimum Gasteiger partial charge on any atom is -0.385 e. The molecular weight excluding hydrogens is 382 g/mol. The van der Waals surface area contributed by atoms with Gasteiger partial charge in [0, 0.05) is 45.8 Å². The van der Waals surface area contributed by atoms with Crippen LogP contribution in [0.2, 0.25) is 0 Å². The van der Waals surface area contributed by atoms with Gasteiger partial charge in [-0.15, -0.1) is 0 Å². The highest BCUT2D eigenvalue weighted by atomic mass is 16.5. The Morgan fingerprint density at radius 1 is 1.17 bits per heavy atom. The fraction of sp³-hybridized carbons (Fsp3) is 0.409. The molecule has 158 valence electrons. The molecule has 30 heavy (non-hydrogen) atoms. The number of hydrogen-bond acceptors (Lipinski definition) is 6. The molecule has 3 aliphatic heterocycles. The first-order chi connectivity index (χ1) is 14.5. The molecule has 2 atom stereocenters. The lowest BCUT2D eigenvalue weighted by molar-refractivity contribution is -0.136. The summed E-state index contributed by atoms with van der Waals surface area (Å²) in [4.78, 5) is 37.7. The van der Waals surface area contributed by atoms with Gasteiger partial charge in [0.05, 0.1) is 0 Å². The highest BCUT2D eigenvalue weighted by Gasteiger charge is 2.53. The topological polar surface area (TPSA) is 68.7 Å². The molecule has 0 N–H and O–H groups in total. The van der Waals surface area contributed by atoms with E-state index in [1.54, 1.807) is 19.1 Å². The standard InChI is InChI=1S/C22H27N5O3/c1-16-15-27-18-19(23-21(27)25(16)13-8-14-30-3)24(2)22(29)26(20(18)28)12-7-11-17-9-5-4-6-10-17/h4-7,9-11,15,18-19H,8,12-14H2,1-3H3/b11-7+. The Kier molecular flexibility index (Phi) is 5.59. The van der Waals surface area contributed by atoms with Crippen LogP contribution in [-0.2, 0) is 9.53 Å². The van der Waals surface area contributed by atoms with Gasteiger partial charge in [-0.3, -0.25) is 9.69 Å². The molecule has 1 aromatic carbocycles. The van der Waals surface area contributed by atoms with Crippen LogP contribution in [-0.4, -0.2) is 83.6 Å². The number of likely N-dealkylation sites (N-methyl/N-ethyl adjacent to an activating group) is 1. The number of amides is 3. The molecule has 3 amide bonds. The molecule has 1 saturated heterocycles. The van der Waals surface area contributed by atoms with Crippen LogP contribution in [0.4, 0.5) is 4.79 Å². The monoisotopic (exact) mass is 409 g/mol. The molecule has 0 aromatic heterocycles. The van der Waals surface area contributed by atoms with Gasteiger partial charge in [-0.2, -0.15) is 0 Å². The summed E-state index contributed by atoms with van der Waals surface area (Å²) in [7, 11) is 3.39. The molecular formula is C22H27N5O3. The third-order valence-corrected chi connectivity index (χ3v) is 5.63. The van der Waals surface area contributed by atoms with E-state index < -0.39 is 12.2 Å². The average molecular weight is 409 g/mol. The van der Waals surface area contributed by atoms with Gasteiger partial charge in [-0.1, -0.05) is 42.5 Å². The predicted molar refractivity (Wildman–Crippen MR) is 114 cm³/mol. The number of rotatable bonds is 7. The molecule has 8 heteroatoms. The van der Waals surface area contributed by atoms with Crippen LogP contribution in [0, 0.1) is 0 Å². The summed E-state index contributed by atoms with van der Waals surface area (Å²) in [6.45, 7) is 3.64. The number of ether oxygens (including phenoxy) is 1. The Labute approximate surface area is 176 Å². The maximum atomic E-state index is 13.3. The first kappa shape index (κ1) is 20.2. The number of nitrogens with zero attached hydrogens (tertiary/aromatic N) is 5. The van der Waals surface area contributed by atoms with Gasteiger partial charge < -0.3 is 19.4 Å². The van der Waals surface area contributed by atoms with Gasteiger partial charge in [-0.25, -0.2) is 9.79 Å². The van der Waals surface area contributed by atoms with Gasteiger partial charge in [0.2, 0.25) is 5.96 Å². The number of methoxy groups -OCH3 is 1. The van der Waals surface area contributed by atoms with Crippen molar-refractivity contribution < 1.29 is 14.3 Å². The second-order valence-electron chi connectivity index (χ2n) is 7.62. The largest absolute Gasteiger partial charge is 0.385 e. The maximum Gasteiger partial charge on any atom is 0.328 e.